The molecule has 1 amide bonds. The molecule has 2 aliphatic rings. The molecular formula is C12H14N2O2S. The highest BCUT2D eigenvalue weighted by atomic mass is 32.1. The zero-order valence-corrected chi connectivity index (χ0v) is 10.7. The molecule has 0 N–H and O–H groups in total. The van der Waals surface area contributed by atoms with Gasteiger partial charge in [0.2, 0.25) is 5.76 Å². The van der Waals surface area contributed by atoms with E-state index in [1.165, 1.54) is 4.90 Å². The molecule has 2 heterocycles. The Morgan fingerprint density at radius 3 is 2.65 bits per heavy atom. The second-order valence-corrected chi connectivity index (χ2v) is 3.97. The molecule has 0 radical (unpaired) electrons. The van der Waals surface area contributed by atoms with Crippen molar-refractivity contribution in [2.24, 2.45) is 0 Å². The van der Waals surface area contributed by atoms with Gasteiger partial charge < -0.3 is 9.64 Å². The Balaban J connectivity index is 2.39. The fraction of sp³-hybridized carbons (Fsp3) is 0.333. The maximum Gasteiger partial charge on any atom is 0.299 e. The van der Waals surface area contributed by atoms with E-state index in [2.05, 4.69) is 0 Å². The first-order valence-electron chi connectivity index (χ1n) is 5.58. The van der Waals surface area contributed by atoms with E-state index in [1.807, 2.05) is 43.2 Å². The Bertz CT molecular complexity index is 451. The van der Waals surface area contributed by atoms with Gasteiger partial charge in [0.1, 0.15) is 0 Å². The Hall–Kier alpha value is -1.62. The minimum atomic E-state index is -0.161. The number of likely N-dealkylation sites (N-methyl/N-ethyl adjacent to an activating group) is 2. The third kappa shape index (κ3) is 1.98. The molecule has 0 bridgehead atoms. The first kappa shape index (κ1) is 11.9. The molecular weight excluding hydrogens is 236 g/mol. The summed E-state index contributed by atoms with van der Waals surface area (Å²) in [5.74, 6) is 0.158. The number of carbonyl (C=O) groups excluding carboxylic acids is 1. The maximum atomic E-state index is 12.1. The Kier molecular flexibility index (Phi) is 3.28. The van der Waals surface area contributed by atoms with Gasteiger partial charge >= 0.3 is 0 Å². The number of nitrogens with zero attached hydrogens (tertiary/aromatic N) is 2. The summed E-state index contributed by atoms with van der Waals surface area (Å²) in [6, 6.07) is 0. The molecule has 4 nitrogen and oxygen atoms in total. The van der Waals surface area contributed by atoms with Gasteiger partial charge in [0.05, 0.1) is 5.70 Å². The Morgan fingerprint density at radius 1 is 1.29 bits per heavy atom. The van der Waals surface area contributed by atoms with Gasteiger partial charge in [0.25, 0.3) is 11.1 Å². The smallest absolute Gasteiger partial charge is 0.299 e. The lowest BCUT2D eigenvalue weighted by Crippen LogP contribution is -2.28. The van der Waals surface area contributed by atoms with Crippen LogP contribution >= 0.6 is 12.2 Å². The van der Waals surface area contributed by atoms with Gasteiger partial charge in [-0.15, -0.1) is 0 Å². The van der Waals surface area contributed by atoms with Gasteiger partial charge in [0, 0.05) is 19.3 Å². The zero-order chi connectivity index (χ0) is 12.4. The maximum absolute atomic E-state index is 12.1. The predicted octanol–water partition coefficient (Wildman–Crippen LogP) is 1.77. The number of hydrogen-bond donors (Lipinski definition) is 0. The van der Waals surface area contributed by atoms with Crippen molar-refractivity contribution in [3.8, 4) is 0 Å². The van der Waals surface area contributed by atoms with Crippen LogP contribution in [0.4, 0.5) is 0 Å². The fourth-order valence-electron chi connectivity index (χ4n) is 1.78. The van der Waals surface area contributed by atoms with E-state index < -0.39 is 0 Å². The average molecular weight is 250 g/mol. The molecule has 0 aliphatic carbocycles. The summed E-state index contributed by atoms with van der Waals surface area (Å²) in [5.41, 5.74) is 0.762. The van der Waals surface area contributed by atoms with Crippen molar-refractivity contribution in [3.05, 3.63) is 35.9 Å². The van der Waals surface area contributed by atoms with Crippen LogP contribution in [0.25, 0.3) is 0 Å². The molecule has 1 saturated heterocycles. The number of amides is 1. The number of carbonyl (C=O) groups is 1. The van der Waals surface area contributed by atoms with Gasteiger partial charge in [-0.25, -0.2) is 0 Å². The van der Waals surface area contributed by atoms with Gasteiger partial charge in [-0.2, -0.15) is 0 Å². The fourth-order valence-corrected chi connectivity index (χ4v) is 2.08. The molecule has 0 spiro atoms. The minimum absolute atomic E-state index is 0.161. The van der Waals surface area contributed by atoms with Crippen molar-refractivity contribution in [2.75, 3.05) is 13.1 Å². The van der Waals surface area contributed by atoms with Crippen molar-refractivity contribution < 1.29 is 9.53 Å². The second-order valence-electron chi connectivity index (χ2n) is 3.62. The number of rotatable bonds is 2. The first-order valence-corrected chi connectivity index (χ1v) is 5.99. The number of thiocarbonyl (C=S) groups is 1. The lowest BCUT2D eigenvalue weighted by Gasteiger charge is -2.22. The highest BCUT2D eigenvalue weighted by molar-refractivity contribution is 7.80. The molecule has 2 aliphatic heterocycles. The predicted molar refractivity (Wildman–Crippen MR) is 68.8 cm³/mol. The molecule has 0 aromatic heterocycles. The third-order valence-electron chi connectivity index (χ3n) is 2.68. The van der Waals surface area contributed by atoms with E-state index in [-0.39, 0.29) is 11.1 Å². The summed E-state index contributed by atoms with van der Waals surface area (Å²) < 4.78 is 5.41. The van der Waals surface area contributed by atoms with Gasteiger partial charge in [0.15, 0.2) is 0 Å². The number of hydrogen-bond acceptors (Lipinski definition) is 4. The highest BCUT2D eigenvalue weighted by Crippen LogP contribution is 2.24. The van der Waals surface area contributed by atoms with Crippen LogP contribution in [-0.2, 0) is 9.53 Å². The standard InChI is InChI=1S/C12H14N2O2S/c1-3-13-8-6-5-7-9(13)10-11(15)14(4-2)12(17)16-10/h5-8H,3-4H2,1-2H3/b10-9+. The Labute approximate surface area is 106 Å². The number of allylic oxidation sites excluding steroid dienone is 3. The summed E-state index contributed by atoms with van der Waals surface area (Å²) in [6.45, 7) is 5.18. The molecule has 1 fully saturated rings. The van der Waals surface area contributed by atoms with Gasteiger partial charge in [-0.1, -0.05) is 6.08 Å². The molecule has 0 aromatic rings. The van der Waals surface area contributed by atoms with E-state index >= 15 is 0 Å². The number of ether oxygens (including phenoxy) is 1. The van der Waals surface area contributed by atoms with Crippen LogP contribution in [-0.4, -0.2) is 34.0 Å². The van der Waals surface area contributed by atoms with Crippen molar-refractivity contribution in [2.45, 2.75) is 13.8 Å². The van der Waals surface area contributed by atoms with Crippen molar-refractivity contribution in [1.82, 2.24) is 9.80 Å². The quantitative estimate of drug-likeness (QED) is 0.552. The van der Waals surface area contributed by atoms with E-state index in [0.29, 0.717) is 12.3 Å². The van der Waals surface area contributed by atoms with Crippen LogP contribution < -0.4 is 0 Å². The summed E-state index contributed by atoms with van der Waals surface area (Å²) in [5, 5.41) is 0.235. The zero-order valence-electron chi connectivity index (χ0n) is 9.84. The Morgan fingerprint density at radius 2 is 2.06 bits per heavy atom. The average Bonchev–Trinajstić information content (AvgIpc) is 2.64. The molecule has 0 unspecified atom stereocenters. The van der Waals surface area contributed by atoms with E-state index in [0.717, 1.165) is 12.2 Å². The molecule has 5 heteroatoms. The van der Waals surface area contributed by atoms with Crippen LogP contribution in [0.15, 0.2) is 35.9 Å². The highest BCUT2D eigenvalue weighted by Gasteiger charge is 2.35. The van der Waals surface area contributed by atoms with Crippen LogP contribution in [0.2, 0.25) is 0 Å². The summed E-state index contributed by atoms with van der Waals surface area (Å²) in [7, 11) is 0. The van der Waals surface area contributed by atoms with Crippen LogP contribution in [0.3, 0.4) is 0 Å². The molecule has 0 aromatic carbocycles. The lowest BCUT2D eigenvalue weighted by molar-refractivity contribution is -0.122. The van der Waals surface area contributed by atoms with Gasteiger partial charge in [-0.05, 0) is 38.2 Å². The van der Waals surface area contributed by atoms with Crippen LogP contribution in [0.1, 0.15) is 13.8 Å². The van der Waals surface area contributed by atoms with E-state index in [1.54, 1.807) is 0 Å². The van der Waals surface area contributed by atoms with Gasteiger partial charge in [-0.3, -0.25) is 9.69 Å². The third-order valence-corrected chi connectivity index (χ3v) is 2.98. The first-order chi connectivity index (χ1) is 8.19. The SMILES string of the molecule is CCN1C(=O)/C(=C2/C=CC=CN2CC)OC1=S. The normalized spacial score (nSPS) is 23.6. The summed E-state index contributed by atoms with van der Waals surface area (Å²) in [4.78, 5) is 15.5. The van der Waals surface area contributed by atoms with Crippen LogP contribution in [0.5, 0.6) is 0 Å². The molecule has 0 saturated carbocycles. The van der Waals surface area contributed by atoms with Crippen molar-refractivity contribution in [3.63, 3.8) is 0 Å². The molecule has 0 atom stereocenters. The topological polar surface area (TPSA) is 32.8 Å². The summed E-state index contributed by atoms with van der Waals surface area (Å²) in [6.07, 6.45) is 7.57. The molecule has 2 rings (SSSR count). The monoisotopic (exact) mass is 250 g/mol. The largest absolute Gasteiger partial charge is 0.423 e. The van der Waals surface area contributed by atoms with E-state index in [9.17, 15) is 4.79 Å². The second kappa shape index (κ2) is 4.71. The summed E-state index contributed by atoms with van der Waals surface area (Å²) >= 11 is 5.03. The van der Waals surface area contributed by atoms with E-state index in [4.69, 9.17) is 17.0 Å². The molecule has 90 valence electrons. The van der Waals surface area contributed by atoms with Crippen molar-refractivity contribution in [1.29, 1.82) is 0 Å². The van der Waals surface area contributed by atoms with Crippen LogP contribution in [0, 0.1) is 0 Å². The van der Waals surface area contributed by atoms with Crippen molar-refractivity contribution >= 4 is 23.3 Å². The minimum Gasteiger partial charge on any atom is -0.423 e. The lowest BCUT2D eigenvalue weighted by atomic mass is 10.2. The molecule has 17 heavy (non-hydrogen) atoms.